The first-order chi connectivity index (χ1) is 15.2. The lowest BCUT2D eigenvalue weighted by Gasteiger charge is -2.41. The van der Waals surface area contributed by atoms with Crippen LogP contribution >= 0.6 is 0 Å². The monoisotopic (exact) mass is 414 g/mol. The fourth-order valence-corrected chi connectivity index (χ4v) is 4.72. The summed E-state index contributed by atoms with van der Waals surface area (Å²) in [5, 5.41) is 0. The number of allylic oxidation sites excluding steroid dienone is 1. The van der Waals surface area contributed by atoms with Gasteiger partial charge in [-0.3, -0.25) is 4.90 Å². The van der Waals surface area contributed by atoms with Crippen LogP contribution in [0.2, 0.25) is 0 Å². The van der Waals surface area contributed by atoms with E-state index in [1.807, 2.05) is 18.2 Å². The number of ether oxygens (including phenoxy) is 1. The predicted octanol–water partition coefficient (Wildman–Crippen LogP) is 5.49. The highest BCUT2D eigenvalue weighted by Gasteiger charge is 2.32. The van der Waals surface area contributed by atoms with Gasteiger partial charge in [0, 0.05) is 43.5 Å². The Kier molecular flexibility index (Phi) is 5.47. The maximum atomic E-state index is 13.9. The Balaban J connectivity index is 1.41. The summed E-state index contributed by atoms with van der Waals surface area (Å²) < 4.78 is 20.0. The zero-order valence-corrected chi connectivity index (χ0v) is 17.8. The van der Waals surface area contributed by atoms with Crippen molar-refractivity contribution in [3.63, 3.8) is 0 Å². The molecule has 0 amide bonds. The molecule has 5 rings (SSSR count). The van der Waals surface area contributed by atoms with E-state index in [0.29, 0.717) is 12.4 Å². The van der Waals surface area contributed by atoms with E-state index in [1.165, 1.54) is 28.5 Å². The van der Waals surface area contributed by atoms with Crippen LogP contribution in [0.4, 0.5) is 4.39 Å². The van der Waals surface area contributed by atoms with Crippen molar-refractivity contribution in [3.05, 3.63) is 107 Å². The highest BCUT2D eigenvalue weighted by atomic mass is 19.1. The molecule has 2 heterocycles. The summed E-state index contributed by atoms with van der Waals surface area (Å²) >= 11 is 0. The van der Waals surface area contributed by atoms with E-state index >= 15 is 0 Å². The molecule has 3 aromatic carbocycles. The Morgan fingerprint density at radius 2 is 1.65 bits per heavy atom. The van der Waals surface area contributed by atoms with Gasteiger partial charge in [0.05, 0.1) is 6.04 Å². The van der Waals surface area contributed by atoms with Crippen molar-refractivity contribution in [2.75, 3.05) is 26.2 Å². The molecular weight excluding hydrogens is 387 g/mol. The van der Waals surface area contributed by atoms with Gasteiger partial charge in [0.25, 0.3) is 0 Å². The molecule has 0 N–H and O–H groups in total. The summed E-state index contributed by atoms with van der Waals surface area (Å²) in [6, 6.07) is 24.0. The van der Waals surface area contributed by atoms with Crippen molar-refractivity contribution in [1.29, 1.82) is 0 Å². The summed E-state index contributed by atoms with van der Waals surface area (Å²) in [5.74, 6) is 0.402. The zero-order chi connectivity index (χ0) is 21.2. The molecule has 1 saturated heterocycles. The third kappa shape index (κ3) is 4.08. The summed E-state index contributed by atoms with van der Waals surface area (Å²) in [4.78, 5) is 4.96. The number of hydrogen-bond acceptors (Lipinski definition) is 3. The minimum atomic E-state index is -0.255. The van der Waals surface area contributed by atoms with Crippen LogP contribution in [-0.4, -0.2) is 36.0 Å². The smallest absolute Gasteiger partial charge is 0.127 e. The number of rotatable bonds is 3. The molecule has 2 aliphatic rings. The Labute approximate surface area is 183 Å². The second kappa shape index (κ2) is 8.56. The van der Waals surface area contributed by atoms with Gasteiger partial charge in [-0.2, -0.15) is 0 Å². The number of benzene rings is 3. The Hall–Kier alpha value is -3.11. The molecule has 1 unspecified atom stereocenters. The number of piperazine rings is 1. The molecule has 158 valence electrons. The van der Waals surface area contributed by atoms with E-state index in [0.717, 1.165) is 31.7 Å². The van der Waals surface area contributed by atoms with Gasteiger partial charge in [-0.25, -0.2) is 4.39 Å². The van der Waals surface area contributed by atoms with Gasteiger partial charge in [-0.1, -0.05) is 60.7 Å². The van der Waals surface area contributed by atoms with Gasteiger partial charge in [0.1, 0.15) is 18.2 Å². The van der Waals surface area contributed by atoms with Gasteiger partial charge in [-0.15, -0.1) is 0 Å². The summed E-state index contributed by atoms with van der Waals surface area (Å²) in [5.41, 5.74) is 6.01. The van der Waals surface area contributed by atoms with Gasteiger partial charge in [0.15, 0.2) is 0 Å². The molecule has 0 aromatic heterocycles. The van der Waals surface area contributed by atoms with Crippen LogP contribution in [0.1, 0.15) is 35.2 Å². The molecule has 3 nitrogen and oxygen atoms in total. The molecule has 3 aromatic rings. The summed E-state index contributed by atoms with van der Waals surface area (Å²) in [6.07, 6.45) is 2.25. The van der Waals surface area contributed by atoms with Crippen LogP contribution in [0.25, 0.3) is 6.08 Å². The van der Waals surface area contributed by atoms with Gasteiger partial charge in [0.2, 0.25) is 0 Å². The molecular formula is C27H27FN2O. The normalized spacial score (nSPS) is 19.2. The average Bonchev–Trinajstić information content (AvgIpc) is 2.96. The van der Waals surface area contributed by atoms with Crippen LogP contribution in [0.5, 0.6) is 5.75 Å². The van der Waals surface area contributed by atoms with Gasteiger partial charge in [-0.05, 0) is 35.8 Å². The average molecular weight is 415 g/mol. The fourth-order valence-electron chi connectivity index (χ4n) is 4.72. The molecule has 1 fully saturated rings. The second-order valence-electron chi connectivity index (χ2n) is 8.29. The topological polar surface area (TPSA) is 15.7 Å². The van der Waals surface area contributed by atoms with Crippen molar-refractivity contribution in [3.8, 4) is 5.75 Å². The predicted molar refractivity (Wildman–Crippen MR) is 122 cm³/mol. The minimum Gasteiger partial charge on any atom is -0.488 e. The molecule has 0 saturated carbocycles. The number of halogens is 1. The quantitative estimate of drug-likeness (QED) is 0.564. The van der Waals surface area contributed by atoms with Crippen LogP contribution in [0.3, 0.4) is 0 Å². The van der Waals surface area contributed by atoms with Crippen molar-refractivity contribution >= 4 is 6.08 Å². The Morgan fingerprint density at radius 1 is 0.903 bits per heavy atom. The first kappa shape index (κ1) is 19.8. The number of hydrogen-bond donors (Lipinski definition) is 0. The van der Waals surface area contributed by atoms with Crippen LogP contribution in [0, 0.1) is 5.82 Å². The van der Waals surface area contributed by atoms with Crippen molar-refractivity contribution in [2.24, 2.45) is 0 Å². The van der Waals surface area contributed by atoms with Crippen molar-refractivity contribution < 1.29 is 9.13 Å². The lowest BCUT2D eigenvalue weighted by Crippen LogP contribution is -2.47. The highest BCUT2D eigenvalue weighted by molar-refractivity contribution is 5.52. The molecule has 4 heteroatoms. The maximum Gasteiger partial charge on any atom is 0.127 e. The van der Waals surface area contributed by atoms with Gasteiger partial charge >= 0.3 is 0 Å². The Bertz CT molecular complexity index is 1090. The van der Waals surface area contributed by atoms with E-state index in [1.54, 1.807) is 6.07 Å². The third-order valence-electron chi connectivity index (χ3n) is 6.36. The molecule has 2 aliphatic heterocycles. The lowest BCUT2D eigenvalue weighted by molar-refractivity contribution is 0.132. The zero-order valence-electron chi connectivity index (χ0n) is 17.8. The van der Waals surface area contributed by atoms with Crippen LogP contribution < -0.4 is 4.74 Å². The standard InChI is InChI=1S/C27H27FN2O/c1-20(17-21-7-3-2-4-8-21)29-13-15-30(16-14-29)27-24-10-6-5-9-22(24)19-31-26-18-23(28)11-12-25(26)27/h2-12,17-18,27H,13-16,19H2,1H3/b20-17+. The third-order valence-corrected chi connectivity index (χ3v) is 6.36. The number of fused-ring (bicyclic) bond motifs is 2. The lowest BCUT2D eigenvalue weighted by atomic mass is 9.93. The van der Waals surface area contributed by atoms with E-state index in [-0.39, 0.29) is 11.9 Å². The summed E-state index contributed by atoms with van der Waals surface area (Å²) in [7, 11) is 0. The maximum absolute atomic E-state index is 13.9. The molecule has 0 spiro atoms. The first-order valence-corrected chi connectivity index (χ1v) is 10.9. The summed E-state index contributed by atoms with van der Waals surface area (Å²) in [6.45, 7) is 6.47. The van der Waals surface area contributed by atoms with Crippen LogP contribution in [0.15, 0.2) is 78.5 Å². The molecule has 31 heavy (non-hydrogen) atoms. The molecule has 1 atom stereocenters. The largest absolute Gasteiger partial charge is 0.488 e. The van der Waals surface area contributed by atoms with E-state index in [2.05, 4.69) is 65.3 Å². The second-order valence-corrected chi connectivity index (χ2v) is 8.29. The number of nitrogens with zero attached hydrogens (tertiary/aromatic N) is 2. The van der Waals surface area contributed by atoms with E-state index in [4.69, 9.17) is 4.74 Å². The van der Waals surface area contributed by atoms with Crippen LogP contribution in [-0.2, 0) is 6.61 Å². The highest BCUT2D eigenvalue weighted by Crippen LogP contribution is 2.40. The van der Waals surface area contributed by atoms with E-state index < -0.39 is 0 Å². The molecule has 0 radical (unpaired) electrons. The van der Waals surface area contributed by atoms with Crippen molar-refractivity contribution in [1.82, 2.24) is 9.80 Å². The Morgan fingerprint density at radius 3 is 2.45 bits per heavy atom. The fraction of sp³-hybridized carbons (Fsp3) is 0.259. The minimum absolute atomic E-state index is 0.0786. The van der Waals surface area contributed by atoms with E-state index in [9.17, 15) is 4.39 Å². The SMILES string of the molecule is C/C(=C\c1ccccc1)N1CCN(C2c3ccccc3COc3cc(F)ccc32)CC1. The first-order valence-electron chi connectivity index (χ1n) is 10.9. The molecule has 0 aliphatic carbocycles. The van der Waals surface area contributed by atoms with Gasteiger partial charge < -0.3 is 9.64 Å². The molecule has 0 bridgehead atoms. The van der Waals surface area contributed by atoms with Crippen molar-refractivity contribution in [2.45, 2.75) is 19.6 Å².